The molecule has 2 rings (SSSR count). The Morgan fingerprint density at radius 3 is 2.75 bits per heavy atom. The highest BCUT2D eigenvalue weighted by Crippen LogP contribution is 2.35. The van der Waals surface area contributed by atoms with E-state index < -0.39 is 18.1 Å². The quantitative estimate of drug-likeness (QED) is 0.791. The highest BCUT2D eigenvalue weighted by atomic mass is 19.4. The van der Waals surface area contributed by atoms with Crippen LogP contribution in [0.2, 0.25) is 0 Å². The third-order valence-electron chi connectivity index (χ3n) is 2.63. The lowest BCUT2D eigenvalue weighted by Crippen LogP contribution is -2.32. The van der Waals surface area contributed by atoms with Crippen molar-refractivity contribution in [1.29, 1.82) is 0 Å². The lowest BCUT2D eigenvalue weighted by atomic mass is 9.94. The molecule has 0 radical (unpaired) electrons. The molecule has 0 amide bonds. The molecule has 88 valence electrons. The van der Waals surface area contributed by atoms with Crippen LogP contribution in [0.5, 0.6) is 0 Å². The van der Waals surface area contributed by atoms with Crippen LogP contribution in [-0.2, 0) is 13.0 Å². The Kier molecular flexibility index (Phi) is 2.36. The van der Waals surface area contributed by atoms with Crippen LogP contribution in [0.15, 0.2) is 0 Å². The fourth-order valence-corrected chi connectivity index (χ4v) is 1.77. The summed E-state index contributed by atoms with van der Waals surface area (Å²) in [7, 11) is 0. The number of halogens is 3. The van der Waals surface area contributed by atoms with Gasteiger partial charge in [0.1, 0.15) is 0 Å². The van der Waals surface area contributed by atoms with Crippen LogP contribution in [-0.4, -0.2) is 32.2 Å². The van der Waals surface area contributed by atoms with E-state index in [4.69, 9.17) is 5.11 Å². The van der Waals surface area contributed by atoms with Gasteiger partial charge in [-0.25, -0.2) is 9.48 Å². The highest BCUT2D eigenvalue weighted by Gasteiger charge is 2.43. The predicted octanol–water partition coefficient (Wildman–Crippen LogP) is 1.10. The second-order valence-corrected chi connectivity index (χ2v) is 3.64. The van der Waals surface area contributed by atoms with Gasteiger partial charge in [0, 0.05) is 13.0 Å². The van der Waals surface area contributed by atoms with E-state index in [9.17, 15) is 18.0 Å². The molecule has 1 aliphatic rings. The lowest BCUT2D eigenvalue weighted by molar-refractivity contribution is -0.179. The standard InChI is InChI=1S/C8H8F3N3O2/c9-8(10,11)4-1-2-14-5(3-4)6(7(15)16)12-13-14/h4H,1-3H2,(H,15,16). The minimum atomic E-state index is -4.30. The van der Waals surface area contributed by atoms with E-state index in [0.717, 1.165) is 0 Å². The Bertz CT molecular complexity index is 427. The number of aromatic carboxylic acids is 1. The Morgan fingerprint density at radius 2 is 2.19 bits per heavy atom. The summed E-state index contributed by atoms with van der Waals surface area (Å²) in [6.45, 7) is 0.0553. The van der Waals surface area contributed by atoms with Crippen molar-refractivity contribution in [2.24, 2.45) is 5.92 Å². The van der Waals surface area contributed by atoms with Crippen LogP contribution >= 0.6 is 0 Å². The first-order valence-electron chi connectivity index (χ1n) is 4.62. The van der Waals surface area contributed by atoms with Crippen molar-refractivity contribution in [3.8, 4) is 0 Å². The molecule has 0 aliphatic carbocycles. The number of hydrogen-bond donors (Lipinski definition) is 1. The maximum atomic E-state index is 12.5. The van der Waals surface area contributed by atoms with Crippen molar-refractivity contribution in [2.75, 3.05) is 0 Å². The van der Waals surface area contributed by atoms with E-state index >= 15 is 0 Å². The number of rotatable bonds is 1. The van der Waals surface area contributed by atoms with Crippen molar-refractivity contribution < 1.29 is 23.1 Å². The first kappa shape index (κ1) is 10.9. The van der Waals surface area contributed by atoms with Crippen molar-refractivity contribution in [3.05, 3.63) is 11.4 Å². The summed E-state index contributed by atoms with van der Waals surface area (Å²) >= 11 is 0. The second-order valence-electron chi connectivity index (χ2n) is 3.64. The molecule has 1 aliphatic heterocycles. The van der Waals surface area contributed by atoms with Gasteiger partial charge >= 0.3 is 12.1 Å². The molecular weight excluding hydrogens is 227 g/mol. The van der Waals surface area contributed by atoms with Crippen molar-refractivity contribution in [1.82, 2.24) is 15.0 Å². The molecule has 0 aromatic carbocycles. The zero-order valence-electron chi connectivity index (χ0n) is 8.03. The Balaban J connectivity index is 2.31. The predicted molar refractivity (Wildman–Crippen MR) is 44.8 cm³/mol. The van der Waals surface area contributed by atoms with E-state index in [1.807, 2.05) is 0 Å². The molecule has 0 fully saturated rings. The van der Waals surface area contributed by atoms with E-state index in [1.54, 1.807) is 0 Å². The molecule has 16 heavy (non-hydrogen) atoms. The number of carboxylic acids is 1. The van der Waals surface area contributed by atoms with Crippen LogP contribution in [0.1, 0.15) is 22.6 Å². The number of aryl methyl sites for hydroxylation is 1. The normalized spacial score (nSPS) is 20.6. The molecule has 1 aromatic heterocycles. The van der Waals surface area contributed by atoms with Gasteiger partial charge in [-0.2, -0.15) is 13.2 Å². The smallest absolute Gasteiger partial charge is 0.392 e. The fourth-order valence-electron chi connectivity index (χ4n) is 1.77. The fraction of sp³-hybridized carbons (Fsp3) is 0.625. The van der Waals surface area contributed by atoms with Crippen LogP contribution in [0.25, 0.3) is 0 Å². The maximum Gasteiger partial charge on any atom is 0.392 e. The summed E-state index contributed by atoms with van der Waals surface area (Å²) in [5.41, 5.74) is -0.324. The topological polar surface area (TPSA) is 68.0 Å². The number of aromatic nitrogens is 3. The average molecular weight is 235 g/mol. The molecule has 1 atom stereocenters. The Hall–Kier alpha value is -1.60. The minimum absolute atomic E-state index is 0.0553. The van der Waals surface area contributed by atoms with Gasteiger partial charge in [0.2, 0.25) is 0 Å². The van der Waals surface area contributed by atoms with Crippen LogP contribution in [0, 0.1) is 5.92 Å². The SMILES string of the molecule is O=C(O)c1nnn2c1CC(C(F)(F)F)CC2. The molecule has 1 N–H and O–H groups in total. The molecule has 5 nitrogen and oxygen atoms in total. The van der Waals surface area contributed by atoms with Gasteiger partial charge in [-0.05, 0) is 6.42 Å². The number of alkyl halides is 3. The van der Waals surface area contributed by atoms with Gasteiger partial charge in [-0.15, -0.1) is 5.10 Å². The van der Waals surface area contributed by atoms with Gasteiger partial charge in [0.25, 0.3) is 0 Å². The first-order valence-corrected chi connectivity index (χ1v) is 4.62. The number of carboxylic acid groups (broad SMARTS) is 1. The highest BCUT2D eigenvalue weighted by molar-refractivity contribution is 5.86. The third kappa shape index (κ3) is 1.74. The summed E-state index contributed by atoms with van der Waals surface area (Å²) in [4.78, 5) is 10.7. The first-order chi connectivity index (χ1) is 7.39. The van der Waals surface area contributed by atoms with E-state index in [0.29, 0.717) is 0 Å². The van der Waals surface area contributed by atoms with Gasteiger partial charge in [-0.1, -0.05) is 5.21 Å². The molecule has 0 bridgehead atoms. The lowest BCUT2D eigenvalue weighted by Gasteiger charge is -2.24. The summed E-state index contributed by atoms with van der Waals surface area (Å²) in [6.07, 6.45) is -4.75. The molecule has 0 spiro atoms. The minimum Gasteiger partial charge on any atom is -0.476 e. The van der Waals surface area contributed by atoms with Gasteiger partial charge in [-0.3, -0.25) is 0 Å². The van der Waals surface area contributed by atoms with Crippen molar-refractivity contribution in [2.45, 2.75) is 25.6 Å². The Labute approximate surface area is 87.9 Å². The average Bonchev–Trinajstić information content (AvgIpc) is 2.58. The van der Waals surface area contributed by atoms with E-state index in [1.165, 1.54) is 4.68 Å². The zero-order chi connectivity index (χ0) is 11.9. The van der Waals surface area contributed by atoms with Gasteiger partial charge < -0.3 is 5.11 Å². The number of nitrogens with zero attached hydrogens (tertiary/aromatic N) is 3. The zero-order valence-corrected chi connectivity index (χ0v) is 8.03. The summed E-state index contributed by atoms with van der Waals surface area (Å²) in [5.74, 6) is -2.85. The number of fused-ring (bicyclic) bond motifs is 1. The number of hydrogen-bond acceptors (Lipinski definition) is 3. The summed E-state index contributed by atoms with van der Waals surface area (Å²) in [5, 5.41) is 15.6. The van der Waals surface area contributed by atoms with Crippen LogP contribution in [0.3, 0.4) is 0 Å². The largest absolute Gasteiger partial charge is 0.476 e. The molecule has 1 aromatic rings. The van der Waals surface area contributed by atoms with Crippen LogP contribution < -0.4 is 0 Å². The van der Waals surface area contributed by atoms with Crippen molar-refractivity contribution in [3.63, 3.8) is 0 Å². The van der Waals surface area contributed by atoms with Crippen LogP contribution in [0.4, 0.5) is 13.2 Å². The van der Waals surface area contributed by atoms with E-state index in [-0.39, 0.29) is 30.8 Å². The molecule has 0 saturated heterocycles. The van der Waals surface area contributed by atoms with Gasteiger partial charge in [0.15, 0.2) is 5.69 Å². The summed E-state index contributed by atoms with van der Waals surface area (Å²) < 4.78 is 38.7. The molecular formula is C8H8F3N3O2. The maximum absolute atomic E-state index is 12.5. The molecule has 8 heteroatoms. The van der Waals surface area contributed by atoms with Gasteiger partial charge in [0.05, 0.1) is 11.6 Å². The molecule has 0 saturated carbocycles. The number of carbonyl (C=O) groups is 1. The van der Waals surface area contributed by atoms with Crippen molar-refractivity contribution >= 4 is 5.97 Å². The second kappa shape index (κ2) is 3.46. The monoisotopic (exact) mass is 235 g/mol. The molecule has 2 heterocycles. The third-order valence-corrected chi connectivity index (χ3v) is 2.63. The van der Waals surface area contributed by atoms with E-state index in [2.05, 4.69) is 10.3 Å². The Morgan fingerprint density at radius 1 is 1.50 bits per heavy atom. The molecule has 1 unspecified atom stereocenters. The summed E-state index contributed by atoms with van der Waals surface area (Å²) in [6, 6.07) is 0.